The van der Waals surface area contributed by atoms with Crippen molar-refractivity contribution in [3.63, 3.8) is 0 Å². The molecule has 0 unspecified atom stereocenters. The summed E-state index contributed by atoms with van der Waals surface area (Å²) in [6.45, 7) is 3.33. The summed E-state index contributed by atoms with van der Waals surface area (Å²) >= 11 is 0. The largest absolute Gasteiger partial charge is 0.481 e. The third-order valence-electron chi connectivity index (χ3n) is 4.52. The van der Waals surface area contributed by atoms with E-state index in [4.69, 9.17) is 9.15 Å². The normalized spacial score (nSPS) is 12.7. The molecule has 0 spiro atoms. The fraction of sp³-hybridized carbons (Fsp3) is 0.238. The van der Waals surface area contributed by atoms with Gasteiger partial charge in [-0.15, -0.1) is 0 Å². The van der Waals surface area contributed by atoms with Crippen LogP contribution in [0.1, 0.15) is 12.5 Å². The van der Waals surface area contributed by atoms with E-state index in [0.717, 1.165) is 9.69 Å². The maximum absolute atomic E-state index is 12.6. The van der Waals surface area contributed by atoms with Crippen molar-refractivity contribution in [2.45, 2.75) is 24.8 Å². The highest BCUT2D eigenvalue weighted by Gasteiger charge is 2.20. The monoisotopic (exact) mass is 430 g/mol. The Bertz CT molecular complexity index is 1260. The van der Waals surface area contributed by atoms with Crippen LogP contribution in [0.25, 0.3) is 11.0 Å². The van der Waals surface area contributed by atoms with E-state index >= 15 is 0 Å². The van der Waals surface area contributed by atoms with E-state index in [-0.39, 0.29) is 4.90 Å². The van der Waals surface area contributed by atoms with Gasteiger partial charge in [0.1, 0.15) is 11.3 Å². The van der Waals surface area contributed by atoms with Crippen molar-refractivity contribution < 1.29 is 22.4 Å². The summed E-state index contributed by atoms with van der Waals surface area (Å²) in [5, 5.41) is 3.44. The second-order valence-corrected chi connectivity index (χ2v) is 9.12. The minimum Gasteiger partial charge on any atom is -0.481 e. The second kappa shape index (κ2) is 8.29. The number of anilines is 1. The van der Waals surface area contributed by atoms with Crippen molar-refractivity contribution in [1.82, 2.24) is 4.31 Å². The lowest BCUT2D eigenvalue weighted by Crippen LogP contribution is -2.30. The number of carbonyl (C=O) groups excluding carboxylic acids is 1. The topological polar surface area (TPSA) is 106 Å². The maximum atomic E-state index is 12.6. The van der Waals surface area contributed by atoms with Gasteiger partial charge < -0.3 is 14.5 Å². The van der Waals surface area contributed by atoms with Crippen LogP contribution in [0.5, 0.6) is 5.75 Å². The Balaban J connectivity index is 1.78. The molecule has 0 radical (unpaired) electrons. The Morgan fingerprint density at radius 2 is 1.80 bits per heavy atom. The molecule has 0 fully saturated rings. The molecule has 0 aliphatic carbocycles. The molecule has 3 rings (SSSR count). The molecule has 0 saturated heterocycles. The van der Waals surface area contributed by atoms with Crippen LogP contribution in [0, 0.1) is 6.92 Å². The average molecular weight is 430 g/mol. The smallest absolute Gasteiger partial charge is 0.336 e. The van der Waals surface area contributed by atoms with Crippen LogP contribution in [0.3, 0.4) is 0 Å². The number of ether oxygens (including phenoxy) is 1. The van der Waals surface area contributed by atoms with Gasteiger partial charge >= 0.3 is 5.63 Å². The van der Waals surface area contributed by atoms with E-state index in [1.54, 1.807) is 38.1 Å². The van der Waals surface area contributed by atoms with Gasteiger partial charge in [0.25, 0.3) is 5.91 Å². The van der Waals surface area contributed by atoms with Crippen molar-refractivity contribution in [3.8, 4) is 5.75 Å². The third kappa shape index (κ3) is 4.52. The Hall–Kier alpha value is -3.17. The van der Waals surface area contributed by atoms with Gasteiger partial charge in [-0.25, -0.2) is 17.5 Å². The van der Waals surface area contributed by atoms with E-state index in [9.17, 15) is 18.0 Å². The Labute approximate surface area is 174 Å². The molecule has 1 N–H and O–H groups in total. The summed E-state index contributed by atoms with van der Waals surface area (Å²) in [7, 11) is -0.751. The molecule has 0 aliphatic rings. The molecule has 1 aromatic heterocycles. The van der Waals surface area contributed by atoms with E-state index in [0.29, 0.717) is 22.6 Å². The van der Waals surface area contributed by atoms with E-state index in [1.807, 2.05) is 0 Å². The first-order chi connectivity index (χ1) is 14.1. The predicted molar refractivity (Wildman–Crippen MR) is 113 cm³/mol. The van der Waals surface area contributed by atoms with Crippen molar-refractivity contribution in [1.29, 1.82) is 0 Å². The molecular weight excluding hydrogens is 408 g/mol. The number of hydrogen-bond donors (Lipinski definition) is 1. The van der Waals surface area contributed by atoms with Gasteiger partial charge in [0.05, 0.1) is 4.90 Å². The van der Waals surface area contributed by atoms with Crippen LogP contribution in [-0.2, 0) is 14.8 Å². The number of sulfonamides is 1. The van der Waals surface area contributed by atoms with Crippen molar-refractivity contribution in [2.75, 3.05) is 19.4 Å². The summed E-state index contributed by atoms with van der Waals surface area (Å²) in [6.07, 6.45) is -0.883. The molecule has 9 heteroatoms. The lowest BCUT2D eigenvalue weighted by molar-refractivity contribution is -0.122. The van der Waals surface area contributed by atoms with Gasteiger partial charge in [0.15, 0.2) is 6.10 Å². The van der Waals surface area contributed by atoms with Crippen LogP contribution in [0.2, 0.25) is 0 Å². The highest BCUT2D eigenvalue weighted by Crippen LogP contribution is 2.23. The molecular formula is C21H22N2O6S. The maximum Gasteiger partial charge on any atom is 0.336 e. The summed E-state index contributed by atoms with van der Waals surface area (Å²) in [4.78, 5) is 24.1. The van der Waals surface area contributed by atoms with E-state index < -0.39 is 27.7 Å². The average Bonchev–Trinajstić information content (AvgIpc) is 2.68. The SMILES string of the molecule is Cc1ccc(S(=O)(=O)N(C)C)cc1NC(=O)[C@@H](C)Oc1ccc2ccc(=O)oc2c1. The van der Waals surface area contributed by atoms with Gasteiger partial charge in [-0.3, -0.25) is 4.79 Å². The fourth-order valence-electron chi connectivity index (χ4n) is 2.71. The molecule has 1 amide bonds. The fourth-order valence-corrected chi connectivity index (χ4v) is 3.64. The standard InChI is InChI=1S/C21H22N2O6S/c1-13-5-9-17(30(26,27)23(3)4)12-18(13)22-21(25)14(2)28-16-8-6-15-7-10-20(24)29-19(15)11-16/h5-12,14H,1-4H3,(H,22,25)/t14-/m1/s1. The zero-order valence-corrected chi connectivity index (χ0v) is 17.8. The van der Waals surface area contributed by atoms with Gasteiger partial charge in [-0.05, 0) is 49.7 Å². The summed E-state index contributed by atoms with van der Waals surface area (Å²) in [6, 6.07) is 12.4. The number of nitrogens with zero attached hydrogens (tertiary/aromatic N) is 1. The molecule has 1 heterocycles. The number of benzene rings is 2. The summed E-state index contributed by atoms with van der Waals surface area (Å²) in [5.74, 6) is -0.0905. The third-order valence-corrected chi connectivity index (χ3v) is 6.33. The van der Waals surface area contributed by atoms with Crippen LogP contribution in [0.15, 0.2) is 62.6 Å². The lowest BCUT2D eigenvalue weighted by Gasteiger charge is -2.17. The molecule has 2 aromatic carbocycles. The number of hydrogen-bond acceptors (Lipinski definition) is 6. The lowest BCUT2D eigenvalue weighted by atomic mass is 10.2. The van der Waals surface area contributed by atoms with Crippen LogP contribution < -0.4 is 15.7 Å². The first kappa shape index (κ1) is 21.5. The van der Waals surface area contributed by atoms with Crippen LogP contribution >= 0.6 is 0 Å². The summed E-state index contributed by atoms with van der Waals surface area (Å²) in [5.41, 5.74) is 0.960. The molecule has 1 atom stereocenters. The second-order valence-electron chi connectivity index (χ2n) is 6.97. The van der Waals surface area contributed by atoms with Crippen molar-refractivity contribution in [2.24, 2.45) is 0 Å². The molecule has 3 aromatic rings. The minimum absolute atomic E-state index is 0.0755. The van der Waals surface area contributed by atoms with Crippen LogP contribution in [0.4, 0.5) is 5.69 Å². The summed E-state index contributed by atoms with van der Waals surface area (Å²) < 4.78 is 36.6. The Morgan fingerprint density at radius 3 is 2.50 bits per heavy atom. The number of amides is 1. The molecule has 0 saturated carbocycles. The first-order valence-corrected chi connectivity index (χ1v) is 10.6. The Morgan fingerprint density at radius 1 is 1.10 bits per heavy atom. The molecule has 30 heavy (non-hydrogen) atoms. The predicted octanol–water partition coefficient (Wildman–Crippen LogP) is 2.76. The van der Waals surface area contributed by atoms with E-state index in [1.165, 1.54) is 38.4 Å². The number of rotatable bonds is 6. The highest BCUT2D eigenvalue weighted by molar-refractivity contribution is 7.89. The number of nitrogens with one attached hydrogen (secondary N) is 1. The van der Waals surface area contributed by atoms with Gasteiger partial charge in [-0.2, -0.15) is 0 Å². The minimum atomic E-state index is -3.63. The van der Waals surface area contributed by atoms with Crippen molar-refractivity contribution in [3.05, 3.63) is 64.5 Å². The number of fused-ring (bicyclic) bond motifs is 1. The molecule has 8 nitrogen and oxygen atoms in total. The molecule has 0 bridgehead atoms. The quantitative estimate of drug-likeness (QED) is 0.603. The van der Waals surface area contributed by atoms with Crippen LogP contribution in [-0.4, -0.2) is 38.8 Å². The zero-order valence-electron chi connectivity index (χ0n) is 17.0. The first-order valence-electron chi connectivity index (χ1n) is 9.12. The Kier molecular flexibility index (Phi) is 5.95. The van der Waals surface area contributed by atoms with Gasteiger partial charge in [0.2, 0.25) is 10.0 Å². The highest BCUT2D eigenvalue weighted by atomic mass is 32.2. The van der Waals surface area contributed by atoms with E-state index in [2.05, 4.69) is 5.32 Å². The van der Waals surface area contributed by atoms with Gasteiger partial charge in [-0.1, -0.05) is 6.07 Å². The molecule has 0 aliphatic heterocycles. The number of aryl methyl sites for hydroxylation is 1. The number of carbonyl (C=O) groups is 1. The van der Waals surface area contributed by atoms with Crippen molar-refractivity contribution >= 4 is 32.6 Å². The molecule has 158 valence electrons. The van der Waals surface area contributed by atoms with Gasteiger partial charge in [0, 0.05) is 37.3 Å². The zero-order chi connectivity index (χ0) is 22.1.